The molecule has 2 aromatic rings. The normalized spacial score (nSPS) is 25.1. The van der Waals surface area contributed by atoms with E-state index in [4.69, 9.17) is 4.74 Å². The second-order valence-corrected chi connectivity index (χ2v) is 8.79. The van der Waals surface area contributed by atoms with Crippen molar-refractivity contribution >= 4 is 0 Å². The molecule has 0 amide bonds. The fraction of sp³-hybridized carbons (Fsp3) is 0.520. The van der Waals surface area contributed by atoms with E-state index < -0.39 is 0 Å². The quantitative estimate of drug-likeness (QED) is 0.670. The number of rotatable bonds is 6. The smallest absolute Gasteiger partial charge is 0.123 e. The van der Waals surface area contributed by atoms with E-state index in [1.807, 2.05) is 12.1 Å². The zero-order valence-corrected chi connectivity index (χ0v) is 16.9. The highest BCUT2D eigenvalue weighted by Gasteiger charge is 2.47. The average molecular weight is 382 g/mol. The van der Waals surface area contributed by atoms with Crippen molar-refractivity contribution in [3.05, 3.63) is 71.5 Å². The van der Waals surface area contributed by atoms with Crippen molar-refractivity contribution in [3.8, 4) is 0 Å². The second kappa shape index (κ2) is 8.34. The van der Waals surface area contributed by atoms with Crippen LogP contribution in [-0.2, 0) is 10.2 Å². The fourth-order valence-electron chi connectivity index (χ4n) is 5.35. The van der Waals surface area contributed by atoms with E-state index in [2.05, 4.69) is 42.6 Å². The number of halogens is 1. The minimum absolute atomic E-state index is 0.0394. The third-order valence-electron chi connectivity index (χ3n) is 6.97. The van der Waals surface area contributed by atoms with Gasteiger partial charge in [0.05, 0.1) is 5.60 Å². The van der Waals surface area contributed by atoms with Gasteiger partial charge in [-0.05, 0) is 68.8 Å². The van der Waals surface area contributed by atoms with Crippen LogP contribution in [0, 0.1) is 5.82 Å². The van der Waals surface area contributed by atoms with Gasteiger partial charge in [0.15, 0.2) is 0 Å². The Bertz CT molecular complexity index is 754. The zero-order chi connectivity index (χ0) is 19.5. The summed E-state index contributed by atoms with van der Waals surface area (Å²) in [7, 11) is 0. The van der Waals surface area contributed by atoms with E-state index in [1.54, 1.807) is 12.1 Å². The summed E-state index contributed by atoms with van der Waals surface area (Å²) < 4.78 is 19.9. The van der Waals surface area contributed by atoms with Crippen molar-refractivity contribution < 1.29 is 9.13 Å². The van der Waals surface area contributed by atoms with Crippen molar-refractivity contribution in [2.24, 2.45) is 0 Å². The van der Waals surface area contributed by atoms with Crippen LogP contribution in [0.25, 0.3) is 0 Å². The third-order valence-corrected chi connectivity index (χ3v) is 6.97. The summed E-state index contributed by atoms with van der Waals surface area (Å²) >= 11 is 0. The number of hydrogen-bond acceptors (Lipinski definition) is 2. The molecule has 1 saturated heterocycles. The molecule has 1 aliphatic heterocycles. The summed E-state index contributed by atoms with van der Waals surface area (Å²) in [6.45, 7) is 3.98. The molecule has 0 bridgehead atoms. The van der Waals surface area contributed by atoms with Crippen LogP contribution in [0.15, 0.2) is 54.6 Å². The highest BCUT2D eigenvalue weighted by atomic mass is 19.1. The first-order chi connectivity index (χ1) is 13.6. The number of benzene rings is 2. The first kappa shape index (κ1) is 19.6. The Kier molecular flexibility index (Phi) is 5.84. The van der Waals surface area contributed by atoms with Crippen LogP contribution in [0.1, 0.15) is 69.0 Å². The maximum Gasteiger partial charge on any atom is 0.123 e. The van der Waals surface area contributed by atoms with Crippen LogP contribution in [0.3, 0.4) is 0 Å². The maximum atomic E-state index is 13.6. The minimum atomic E-state index is -0.155. The molecule has 1 aliphatic carbocycles. The van der Waals surface area contributed by atoms with Crippen LogP contribution in [-0.4, -0.2) is 18.8 Å². The molecule has 2 nitrogen and oxygen atoms in total. The molecule has 2 atom stereocenters. The van der Waals surface area contributed by atoms with Gasteiger partial charge < -0.3 is 10.1 Å². The van der Waals surface area contributed by atoms with Crippen molar-refractivity contribution in [3.63, 3.8) is 0 Å². The summed E-state index contributed by atoms with van der Waals surface area (Å²) in [6.07, 6.45) is 8.01. The topological polar surface area (TPSA) is 21.3 Å². The molecule has 1 N–H and O–H groups in total. The lowest BCUT2D eigenvalue weighted by Crippen LogP contribution is -2.47. The van der Waals surface area contributed by atoms with Gasteiger partial charge >= 0.3 is 0 Å². The Labute approximate surface area is 168 Å². The lowest BCUT2D eigenvalue weighted by atomic mass is 9.66. The Balaban J connectivity index is 1.51. The molecule has 28 heavy (non-hydrogen) atoms. The Hall–Kier alpha value is -1.71. The molecule has 4 rings (SSSR count). The van der Waals surface area contributed by atoms with Gasteiger partial charge in [-0.2, -0.15) is 0 Å². The van der Waals surface area contributed by atoms with E-state index in [0.717, 1.165) is 32.4 Å². The molecule has 2 aromatic carbocycles. The minimum Gasteiger partial charge on any atom is -0.375 e. The van der Waals surface area contributed by atoms with Crippen LogP contribution in [0.2, 0.25) is 0 Å². The zero-order valence-electron chi connectivity index (χ0n) is 16.9. The van der Waals surface area contributed by atoms with E-state index in [0.29, 0.717) is 6.04 Å². The van der Waals surface area contributed by atoms with Gasteiger partial charge in [-0.1, -0.05) is 55.3 Å². The molecule has 0 radical (unpaired) electrons. The van der Waals surface area contributed by atoms with E-state index in [1.165, 1.54) is 36.8 Å². The average Bonchev–Trinajstić information content (AvgIpc) is 3.16. The van der Waals surface area contributed by atoms with Gasteiger partial charge in [0.25, 0.3) is 0 Å². The van der Waals surface area contributed by atoms with Gasteiger partial charge in [-0.3, -0.25) is 0 Å². The lowest BCUT2D eigenvalue weighted by Gasteiger charge is -2.47. The summed E-state index contributed by atoms with van der Waals surface area (Å²) in [6, 6.07) is 18.2. The number of nitrogens with one attached hydrogen (secondary N) is 1. The third kappa shape index (κ3) is 4.16. The lowest BCUT2D eigenvalue weighted by molar-refractivity contribution is -0.103. The second-order valence-electron chi connectivity index (χ2n) is 8.79. The van der Waals surface area contributed by atoms with Gasteiger partial charge in [0.1, 0.15) is 5.82 Å². The molecule has 150 valence electrons. The first-order valence-corrected chi connectivity index (χ1v) is 10.8. The Morgan fingerprint density at radius 2 is 1.71 bits per heavy atom. The first-order valence-electron chi connectivity index (χ1n) is 10.8. The summed E-state index contributed by atoms with van der Waals surface area (Å²) in [4.78, 5) is 0. The van der Waals surface area contributed by atoms with Crippen LogP contribution >= 0.6 is 0 Å². The summed E-state index contributed by atoms with van der Waals surface area (Å²) in [5.41, 5.74) is 2.70. The summed E-state index contributed by atoms with van der Waals surface area (Å²) in [5, 5.41) is 3.72. The summed E-state index contributed by atoms with van der Waals surface area (Å²) in [5.74, 6) is -0.155. The predicted molar refractivity (Wildman–Crippen MR) is 112 cm³/mol. The molecule has 1 spiro atoms. The highest BCUT2D eigenvalue weighted by Crippen LogP contribution is 2.50. The van der Waals surface area contributed by atoms with Crippen LogP contribution < -0.4 is 5.32 Å². The number of ether oxygens (including phenoxy) is 1. The molecular formula is C25H32FNO. The van der Waals surface area contributed by atoms with E-state index >= 15 is 0 Å². The van der Waals surface area contributed by atoms with Gasteiger partial charge in [-0.15, -0.1) is 0 Å². The molecule has 1 saturated carbocycles. The number of hydrogen-bond donors (Lipinski definition) is 1. The molecule has 2 aliphatic rings. The predicted octanol–water partition coefficient (Wildman–Crippen LogP) is 5.93. The standard InChI is InChI=1S/C25H32FNO/c1-20(21-7-3-2-4-8-21)27-17-15-24(22-9-11-23(26)12-10-22)16-18-28-25(19-24)13-5-6-14-25/h2-4,7-12,20,27H,5-6,13-19H2,1H3/t20-,24+/m0/s1. The van der Waals surface area contributed by atoms with Gasteiger partial charge in [-0.25, -0.2) is 4.39 Å². The highest BCUT2D eigenvalue weighted by molar-refractivity contribution is 5.28. The molecule has 3 heteroatoms. The van der Waals surface area contributed by atoms with Crippen molar-refractivity contribution in [2.45, 2.75) is 68.9 Å². The SMILES string of the molecule is C[C@H](NCC[C@@]1(c2ccc(F)cc2)CCOC2(CCCC2)C1)c1ccccc1. The van der Waals surface area contributed by atoms with Crippen molar-refractivity contribution in [2.75, 3.05) is 13.2 Å². The van der Waals surface area contributed by atoms with Gasteiger partial charge in [0, 0.05) is 18.1 Å². The van der Waals surface area contributed by atoms with Crippen LogP contribution in [0.5, 0.6) is 0 Å². The van der Waals surface area contributed by atoms with E-state index in [9.17, 15) is 4.39 Å². The Morgan fingerprint density at radius 1 is 1.00 bits per heavy atom. The molecule has 0 aromatic heterocycles. The molecule has 2 fully saturated rings. The monoisotopic (exact) mass is 381 g/mol. The molecule has 0 unspecified atom stereocenters. The van der Waals surface area contributed by atoms with Crippen LogP contribution in [0.4, 0.5) is 4.39 Å². The Morgan fingerprint density at radius 3 is 2.43 bits per heavy atom. The van der Waals surface area contributed by atoms with Gasteiger partial charge in [0.2, 0.25) is 0 Å². The largest absolute Gasteiger partial charge is 0.375 e. The fourth-order valence-corrected chi connectivity index (χ4v) is 5.35. The molecule has 1 heterocycles. The van der Waals surface area contributed by atoms with Crippen molar-refractivity contribution in [1.82, 2.24) is 5.32 Å². The maximum absolute atomic E-state index is 13.6. The van der Waals surface area contributed by atoms with Crippen molar-refractivity contribution in [1.29, 1.82) is 0 Å². The molecular weight excluding hydrogens is 349 g/mol. The van der Waals surface area contributed by atoms with E-state index in [-0.39, 0.29) is 16.8 Å².